The van der Waals surface area contributed by atoms with E-state index in [1.165, 1.54) is 7.11 Å². The Morgan fingerprint density at radius 3 is 2.29 bits per heavy atom. The van der Waals surface area contributed by atoms with Crippen LogP contribution in [0.2, 0.25) is 10.0 Å². The first-order valence-corrected chi connectivity index (χ1v) is 15.2. The molecule has 8 rings (SSSR count). The molecule has 218 valence electrons. The van der Waals surface area contributed by atoms with E-state index in [2.05, 4.69) is 10.3 Å². The zero-order chi connectivity index (χ0) is 28.9. The molecule has 4 fully saturated rings. The Morgan fingerprint density at radius 2 is 1.64 bits per heavy atom. The minimum absolute atomic E-state index is 0.0967. The summed E-state index contributed by atoms with van der Waals surface area (Å²) in [5.74, 6) is 2.16. The highest BCUT2D eigenvalue weighted by Crippen LogP contribution is 2.58. The van der Waals surface area contributed by atoms with Gasteiger partial charge in [-0.1, -0.05) is 51.7 Å². The fraction of sp³-hybridized carbons (Fsp3) is 0.438. The highest BCUT2D eigenvalue weighted by molar-refractivity contribution is 6.39. The zero-order valence-corrected chi connectivity index (χ0v) is 24.8. The van der Waals surface area contributed by atoms with E-state index in [-0.39, 0.29) is 16.8 Å². The summed E-state index contributed by atoms with van der Waals surface area (Å²) in [4.78, 5) is 16.6. The van der Waals surface area contributed by atoms with Gasteiger partial charge in [0.05, 0.1) is 35.9 Å². The molecule has 0 unspecified atom stereocenters. The standard InChI is InChI=1S/C32H31Cl2N3O5/c1-39-29(38)21-9-7-20(8-10-21)28-35-30(42-37-28)32-14-11-31(12-15-32,13-16-32)18-40-17-22-26(36-41-27(22)19-5-6-19)25-23(33)3-2-4-24(25)34/h2-4,7-10,19H,5-6,11-18H2,1H3. The van der Waals surface area contributed by atoms with Crippen molar-refractivity contribution in [3.8, 4) is 22.6 Å². The van der Waals surface area contributed by atoms with Crippen molar-refractivity contribution >= 4 is 29.2 Å². The van der Waals surface area contributed by atoms with Crippen LogP contribution in [0, 0.1) is 5.41 Å². The number of carbonyl (C=O) groups excluding carboxylic acids is 1. The van der Waals surface area contributed by atoms with Crippen molar-refractivity contribution in [3.05, 3.63) is 75.3 Å². The molecule has 4 aliphatic rings. The molecular weight excluding hydrogens is 577 g/mol. The molecule has 0 saturated heterocycles. The van der Waals surface area contributed by atoms with Crippen LogP contribution in [0.3, 0.4) is 0 Å². The summed E-state index contributed by atoms with van der Waals surface area (Å²) >= 11 is 13.1. The van der Waals surface area contributed by atoms with Gasteiger partial charge in [-0.25, -0.2) is 4.79 Å². The first-order chi connectivity index (χ1) is 20.4. The van der Waals surface area contributed by atoms with E-state index in [1.807, 2.05) is 30.3 Å². The smallest absolute Gasteiger partial charge is 0.337 e. The molecule has 8 nitrogen and oxygen atoms in total. The zero-order valence-electron chi connectivity index (χ0n) is 23.3. The van der Waals surface area contributed by atoms with Gasteiger partial charge in [0.2, 0.25) is 11.7 Å². The minimum Gasteiger partial charge on any atom is -0.465 e. The second kappa shape index (κ2) is 10.8. The fourth-order valence-corrected chi connectivity index (χ4v) is 7.22. The molecule has 0 atom stereocenters. The van der Waals surface area contributed by atoms with Gasteiger partial charge in [-0.05, 0) is 81.0 Å². The quantitative estimate of drug-likeness (QED) is 0.176. The van der Waals surface area contributed by atoms with Crippen molar-refractivity contribution in [2.45, 2.75) is 69.3 Å². The van der Waals surface area contributed by atoms with E-state index in [0.29, 0.717) is 57.7 Å². The number of rotatable bonds is 9. The maximum atomic E-state index is 11.8. The molecule has 2 heterocycles. The van der Waals surface area contributed by atoms with Crippen LogP contribution in [0.25, 0.3) is 22.6 Å². The maximum absolute atomic E-state index is 11.8. The second-order valence-corrected chi connectivity index (χ2v) is 12.8. The van der Waals surface area contributed by atoms with Crippen LogP contribution in [-0.2, 0) is 21.5 Å². The first kappa shape index (κ1) is 27.6. The summed E-state index contributed by atoms with van der Waals surface area (Å²) in [6, 6.07) is 12.5. The van der Waals surface area contributed by atoms with Crippen LogP contribution in [0.15, 0.2) is 51.5 Å². The number of ether oxygens (including phenoxy) is 2. The summed E-state index contributed by atoms with van der Waals surface area (Å²) < 4.78 is 22.9. The molecule has 4 aliphatic carbocycles. The van der Waals surface area contributed by atoms with E-state index >= 15 is 0 Å². The molecule has 10 heteroatoms. The summed E-state index contributed by atoms with van der Waals surface area (Å²) in [7, 11) is 1.37. The van der Waals surface area contributed by atoms with Crippen LogP contribution in [0.4, 0.5) is 0 Å². The third-order valence-electron chi connectivity index (χ3n) is 9.47. The monoisotopic (exact) mass is 607 g/mol. The highest BCUT2D eigenvalue weighted by atomic mass is 35.5. The molecule has 0 N–H and O–H groups in total. The minimum atomic E-state index is -0.374. The Hall–Kier alpha value is -3.20. The predicted octanol–water partition coefficient (Wildman–Crippen LogP) is 8.17. The van der Waals surface area contributed by atoms with Crippen molar-refractivity contribution in [2.75, 3.05) is 13.7 Å². The Morgan fingerprint density at radius 1 is 0.952 bits per heavy atom. The Balaban J connectivity index is 1.02. The van der Waals surface area contributed by atoms with Gasteiger partial charge in [0.25, 0.3) is 0 Å². The number of carbonyl (C=O) groups is 1. The highest BCUT2D eigenvalue weighted by Gasteiger charge is 2.52. The average molecular weight is 609 g/mol. The normalized spacial score (nSPS) is 23.3. The number of halogens is 2. The number of hydrogen-bond acceptors (Lipinski definition) is 8. The topological polar surface area (TPSA) is 100 Å². The molecule has 0 aliphatic heterocycles. The first-order valence-electron chi connectivity index (χ1n) is 14.4. The second-order valence-electron chi connectivity index (χ2n) is 12.0. The lowest BCUT2D eigenvalue weighted by molar-refractivity contribution is -0.0499. The summed E-state index contributed by atoms with van der Waals surface area (Å²) in [5.41, 5.74) is 3.67. The number of nitrogens with zero attached hydrogens (tertiary/aromatic N) is 3. The van der Waals surface area contributed by atoms with E-state index in [4.69, 9.17) is 46.7 Å². The lowest BCUT2D eigenvalue weighted by Gasteiger charge is -2.51. The molecule has 2 bridgehead atoms. The molecule has 2 aromatic heterocycles. The van der Waals surface area contributed by atoms with Crippen molar-refractivity contribution in [1.82, 2.24) is 15.3 Å². The third kappa shape index (κ3) is 4.93. The van der Waals surface area contributed by atoms with Gasteiger partial charge < -0.3 is 18.5 Å². The maximum Gasteiger partial charge on any atom is 0.337 e. The van der Waals surface area contributed by atoms with Crippen molar-refractivity contribution in [3.63, 3.8) is 0 Å². The van der Waals surface area contributed by atoms with Gasteiger partial charge >= 0.3 is 5.97 Å². The van der Waals surface area contributed by atoms with Crippen molar-refractivity contribution in [1.29, 1.82) is 0 Å². The number of benzene rings is 2. The number of hydrogen-bond donors (Lipinski definition) is 0. The number of aromatic nitrogens is 3. The van der Waals surface area contributed by atoms with E-state index < -0.39 is 0 Å². The number of methoxy groups -OCH3 is 1. The molecule has 4 aromatic rings. The third-order valence-corrected chi connectivity index (χ3v) is 10.1. The van der Waals surface area contributed by atoms with Gasteiger partial charge in [-0.3, -0.25) is 0 Å². The van der Waals surface area contributed by atoms with Crippen LogP contribution in [-0.4, -0.2) is 35.0 Å². The summed E-state index contributed by atoms with van der Waals surface area (Å²) in [6.45, 7) is 1.09. The van der Waals surface area contributed by atoms with Crippen LogP contribution in [0.1, 0.15) is 84.9 Å². The Kier molecular flexibility index (Phi) is 7.11. The summed E-state index contributed by atoms with van der Waals surface area (Å²) in [5, 5.41) is 9.77. The number of fused-ring (bicyclic) bond motifs is 3. The number of esters is 1. The van der Waals surface area contributed by atoms with Crippen molar-refractivity contribution in [2.24, 2.45) is 5.41 Å². The molecule has 42 heavy (non-hydrogen) atoms. The lowest BCUT2D eigenvalue weighted by atomic mass is 9.54. The summed E-state index contributed by atoms with van der Waals surface area (Å²) in [6.07, 6.45) is 8.28. The largest absolute Gasteiger partial charge is 0.465 e. The Labute approximate surface area is 253 Å². The Bertz CT molecular complexity index is 1580. The molecule has 2 aromatic carbocycles. The fourth-order valence-electron chi connectivity index (χ4n) is 6.65. The van der Waals surface area contributed by atoms with Gasteiger partial charge in [-0.2, -0.15) is 4.98 Å². The van der Waals surface area contributed by atoms with Gasteiger partial charge in [0.1, 0.15) is 11.5 Å². The van der Waals surface area contributed by atoms with Crippen LogP contribution < -0.4 is 0 Å². The molecule has 0 spiro atoms. The van der Waals surface area contributed by atoms with E-state index in [9.17, 15) is 4.79 Å². The van der Waals surface area contributed by atoms with Crippen LogP contribution >= 0.6 is 23.2 Å². The molecular formula is C32H31Cl2N3O5. The molecule has 4 saturated carbocycles. The van der Waals surface area contributed by atoms with Gasteiger partial charge in [0, 0.05) is 28.0 Å². The van der Waals surface area contributed by atoms with Gasteiger partial charge in [-0.15, -0.1) is 0 Å². The van der Waals surface area contributed by atoms with Gasteiger partial charge in [0.15, 0.2) is 0 Å². The lowest BCUT2D eigenvalue weighted by Crippen LogP contribution is -2.46. The SMILES string of the molecule is COC(=O)c1ccc(-c2noc(C34CCC(COCc5c(-c6c(Cl)cccc6Cl)noc5C5CC5)(CC3)CC4)n2)cc1. The van der Waals surface area contributed by atoms with Crippen molar-refractivity contribution < 1.29 is 23.3 Å². The van der Waals surface area contributed by atoms with Crippen LogP contribution in [0.5, 0.6) is 0 Å². The molecule has 0 amide bonds. The van der Waals surface area contributed by atoms with E-state index in [0.717, 1.165) is 68.3 Å². The predicted molar refractivity (Wildman–Crippen MR) is 156 cm³/mol. The van der Waals surface area contributed by atoms with E-state index in [1.54, 1.807) is 12.1 Å². The average Bonchev–Trinajstić information content (AvgIpc) is 3.58. The molecule has 0 radical (unpaired) electrons.